The molecule has 18 heavy (non-hydrogen) atoms. The Morgan fingerprint density at radius 3 is 2.33 bits per heavy atom. The van der Waals surface area contributed by atoms with E-state index in [0.717, 1.165) is 5.56 Å². The first kappa shape index (κ1) is 13.1. The maximum atomic E-state index is 12.2. The molecule has 1 saturated heterocycles. The van der Waals surface area contributed by atoms with Crippen LogP contribution in [0, 0.1) is 6.92 Å². The van der Waals surface area contributed by atoms with Crippen molar-refractivity contribution in [3.8, 4) is 0 Å². The molecule has 98 valence electrons. The van der Waals surface area contributed by atoms with Crippen LogP contribution in [-0.4, -0.2) is 36.1 Å². The van der Waals surface area contributed by atoms with E-state index in [2.05, 4.69) is 6.92 Å². The Kier molecular flexibility index (Phi) is 4.02. The van der Waals surface area contributed by atoms with Crippen molar-refractivity contribution in [3.63, 3.8) is 0 Å². The number of carbonyl (C=O) groups is 1. The Balaban J connectivity index is 1.97. The summed E-state index contributed by atoms with van der Waals surface area (Å²) in [6.45, 7) is 7.49. The fourth-order valence-corrected chi connectivity index (χ4v) is 2.37. The summed E-state index contributed by atoms with van der Waals surface area (Å²) < 4.78 is 5.64. The van der Waals surface area contributed by atoms with E-state index in [9.17, 15) is 4.79 Å². The molecule has 3 nitrogen and oxygen atoms in total. The van der Waals surface area contributed by atoms with Gasteiger partial charge in [0.1, 0.15) is 0 Å². The van der Waals surface area contributed by atoms with Crippen molar-refractivity contribution >= 4 is 5.91 Å². The number of rotatable bonds is 2. The third-order valence-electron chi connectivity index (χ3n) is 3.25. The number of carbonyl (C=O) groups excluding carboxylic acids is 1. The summed E-state index contributed by atoms with van der Waals surface area (Å²) in [6, 6.07) is 8.15. The molecule has 0 saturated carbocycles. The normalized spacial score (nSPS) is 24.1. The third kappa shape index (κ3) is 3.33. The van der Waals surface area contributed by atoms with Gasteiger partial charge < -0.3 is 9.64 Å². The van der Waals surface area contributed by atoms with Crippen LogP contribution in [0.2, 0.25) is 0 Å². The average molecular weight is 247 g/mol. The van der Waals surface area contributed by atoms with Crippen LogP contribution in [0.4, 0.5) is 0 Å². The first-order valence-corrected chi connectivity index (χ1v) is 6.53. The largest absolute Gasteiger partial charge is 0.372 e. The summed E-state index contributed by atoms with van der Waals surface area (Å²) in [5, 5.41) is 0. The molecule has 0 aromatic heterocycles. The monoisotopic (exact) mass is 247 g/mol. The summed E-state index contributed by atoms with van der Waals surface area (Å²) in [5.41, 5.74) is 2.30. The zero-order valence-electron chi connectivity index (χ0n) is 11.3. The van der Waals surface area contributed by atoms with E-state index in [1.807, 2.05) is 43.0 Å². The summed E-state index contributed by atoms with van der Waals surface area (Å²) >= 11 is 0. The quantitative estimate of drug-likeness (QED) is 0.801. The van der Waals surface area contributed by atoms with Gasteiger partial charge in [-0.05, 0) is 26.3 Å². The van der Waals surface area contributed by atoms with Crippen LogP contribution in [0.1, 0.15) is 25.0 Å². The maximum absolute atomic E-state index is 12.2. The number of ether oxygens (including phenoxy) is 1. The van der Waals surface area contributed by atoms with Gasteiger partial charge in [0, 0.05) is 13.1 Å². The minimum absolute atomic E-state index is 0.135. The molecule has 0 bridgehead atoms. The minimum atomic E-state index is 0.135. The van der Waals surface area contributed by atoms with Crippen LogP contribution < -0.4 is 0 Å². The highest BCUT2D eigenvalue weighted by molar-refractivity contribution is 5.79. The third-order valence-corrected chi connectivity index (χ3v) is 3.25. The fourth-order valence-electron chi connectivity index (χ4n) is 2.37. The average Bonchev–Trinajstić information content (AvgIpc) is 2.31. The predicted molar refractivity (Wildman–Crippen MR) is 71.5 cm³/mol. The number of morpholine rings is 1. The van der Waals surface area contributed by atoms with E-state index in [1.165, 1.54) is 5.56 Å². The molecule has 1 aliphatic rings. The number of aryl methyl sites for hydroxylation is 1. The Labute approximate surface area is 109 Å². The molecule has 0 spiro atoms. The highest BCUT2D eigenvalue weighted by atomic mass is 16.5. The van der Waals surface area contributed by atoms with E-state index in [0.29, 0.717) is 19.5 Å². The van der Waals surface area contributed by atoms with Crippen LogP contribution in [-0.2, 0) is 16.0 Å². The number of hydrogen-bond acceptors (Lipinski definition) is 2. The number of benzene rings is 1. The van der Waals surface area contributed by atoms with Gasteiger partial charge in [-0.25, -0.2) is 0 Å². The molecule has 0 aliphatic carbocycles. The Hall–Kier alpha value is -1.35. The van der Waals surface area contributed by atoms with Crippen molar-refractivity contribution < 1.29 is 9.53 Å². The van der Waals surface area contributed by atoms with Gasteiger partial charge in [-0.2, -0.15) is 0 Å². The van der Waals surface area contributed by atoms with Gasteiger partial charge in [-0.3, -0.25) is 4.79 Å². The van der Waals surface area contributed by atoms with Crippen molar-refractivity contribution in [3.05, 3.63) is 35.4 Å². The minimum Gasteiger partial charge on any atom is -0.372 e. The molecule has 1 fully saturated rings. The van der Waals surface area contributed by atoms with E-state index < -0.39 is 0 Å². The van der Waals surface area contributed by atoms with Gasteiger partial charge in [0.05, 0.1) is 18.6 Å². The molecule has 0 unspecified atom stereocenters. The van der Waals surface area contributed by atoms with Gasteiger partial charge in [-0.1, -0.05) is 29.8 Å². The smallest absolute Gasteiger partial charge is 0.227 e. The first-order chi connectivity index (χ1) is 8.54. The highest BCUT2D eigenvalue weighted by Gasteiger charge is 2.25. The Bertz CT molecular complexity index is 403. The zero-order chi connectivity index (χ0) is 13.1. The maximum Gasteiger partial charge on any atom is 0.227 e. The van der Waals surface area contributed by atoms with Gasteiger partial charge in [0.25, 0.3) is 0 Å². The second-order valence-electron chi connectivity index (χ2n) is 5.22. The van der Waals surface area contributed by atoms with Gasteiger partial charge >= 0.3 is 0 Å². The number of nitrogens with zero attached hydrogens (tertiary/aromatic N) is 1. The van der Waals surface area contributed by atoms with Crippen LogP contribution in [0.3, 0.4) is 0 Å². The summed E-state index contributed by atoms with van der Waals surface area (Å²) in [4.78, 5) is 14.1. The lowest BCUT2D eigenvalue weighted by atomic mass is 10.1. The second kappa shape index (κ2) is 5.53. The summed E-state index contributed by atoms with van der Waals surface area (Å²) in [7, 11) is 0. The number of amides is 1. The predicted octanol–water partition coefficient (Wildman–Crippen LogP) is 2.17. The topological polar surface area (TPSA) is 29.5 Å². The second-order valence-corrected chi connectivity index (χ2v) is 5.22. The molecule has 1 aliphatic heterocycles. The van der Waals surface area contributed by atoms with E-state index >= 15 is 0 Å². The van der Waals surface area contributed by atoms with Crippen molar-refractivity contribution in [1.29, 1.82) is 0 Å². The fraction of sp³-hybridized carbons (Fsp3) is 0.533. The van der Waals surface area contributed by atoms with Crippen LogP contribution in [0.25, 0.3) is 0 Å². The molecular weight excluding hydrogens is 226 g/mol. The molecule has 0 N–H and O–H groups in total. The van der Waals surface area contributed by atoms with E-state index in [-0.39, 0.29) is 18.1 Å². The van der Waals surface area contributed by atoms with Crippen molar-refractivity contribution in [1.82, 2.24) is 4.90 Å². The molecule has 1 aromatic rings. The van der Waals surface area contributed by atoms with Crippen molar-refractivity contribution in [2.45, 2.75) is 39.4 Å². The standard InChI is InChI=1S/C15H21NO2/c1-11-4-6-14(7-5-11)8-15(17)16-9-12(2)18-13(3)10-16/h4-7,12-13H,8-10H2,1-3H3/t12-,13-/m0/s1. The lowest BCUT2D eigenvalue weighted by Gasteiger charge is -2.35. The molecule has 0 radical (unpaired) electrons. The van der Waals surface area contributed by atoms with Gasteiger partial charge in [-0.15, -0.1) is 0 Å². The first-order valence-electron chi connectivity index (χ1n) is 6.53. The summed E-state index contributed by atoms with van der Waals surface area (Å²) in [5.74, 6) is 0.195. The van der Waals surface area contributed by atoms with Crippen LogP contribution in [0.5, 0.6) is 0 Å². The summed E-state index contributed by atoms with van der Waals surface area (Å²) in [6.07, 6.45) is 0.756. The van der Waals surface area contributed by atoms with Crippen molar-refractivity contribution in [2.24, 2.45) is 0 Å². The van der Waals surface area contributed by atoms with E-state index in [4.69, 9.17) is 4.74 Å². The molecule has 2 rings (SSSR count). The van der Waals surface area contributed by atoms with Crippen LogP contribution in [0.15, 0.2) is 24.3 Å². The van der Waals surface area contributed by atoms with Gasteiger partial charge in [0.15, 0.2) is 0 Å². The lowest BCUT2D eigenvalue weighted by molar-refractivity contribution is -0.142. The molecule has 2 atom stereocenters. The number of hydrogen-bond donors (Lipinski definition) is 0. The Morgan fingerprint density at radius 1 is 1.22 bits per heavy atom. The SMILES string of the molecule is Cc1ccc(CC(=O)N2C[C@H](C)O[C@@H](C)C2)cc1. The molecule has 1 heterocycles. The van der Waals surface area contributed by atoms with Crippen LogP contribution >= 0.6 is 0 Å². The van der Waals surface area contributed by atoms with Gasteiger partial charge in [0.2, 0.25) is 5.91 Å². The molecule has 3 heteroatoms. The van der Waals surface area contributed by atoms with E-state index in [1.54, 1.807) is 0 Å². The Morgan fingerprint density at radius 2 is 1.78 bits per heavy atom. The zero-order valence-corrected chi connectivity index (χ0v) is 11.3. The molecule has 1 amide bonds. The van der Waals surface area contributed by atoms with Crippen molar-refractivity contribution in [2.75, 3.05) is 13.1 Å². The molecular formula is C15H21NO2. The lowest BCUT2D eigenvalue weighted by Crippen LogP contribution is -2.48. The molecule has 1 aromatic carbocycles. The highest BCUT2D eigenvalue weighted by Crippen LogP contribution is 2.13.